The molecule has 4 rings (SSSR count). The Morgan fingerprint density at radius 2 is 1.74 bits per heavy atom. The van der Waals surface area contributed by atoms with E-state index in [1.54, 1.807) is 42.7 Å². The van der Waals surface area contributed by atoms with E-state index < -0.39 is 11.8 Å². The standard InChI is InChI=1S/C15H10N6O2/c22-13-10-5-1-2-6-11(10)14(23)21(13)20-15-17-12(18-19-15)9-4-3-7-16-8-9/h1-8H,(H2,17,18,19,20). The monoisotopic (exact) mass is 306 g/mol. The predicted octanol–water partition coefficient (Wildman–Crippen LogP) is 1.49. The Bertz CT molecular complexity index is 870. The zero-order valence-electron chi connectivity index (χ0n) is 11.7. The number of fused-ring (bicyclic) bond motifs is 1. The van der Waals surface area contributed by atoms with Crippen molar-refractivity contribution >= 4 is 17.8 Å². The first kappa shape index (κ1) is 13.1. The second-order valence-electron chi connectivity index (χ2n) is 4.85. The van der Waals surface area contributed by atoms with Gasteiger partial charge in [0.05, 0.1) is 11.1 Å². The molecule has 1 aliphatic rings. The lowest BCUT2D eigenvalue weighted by Crippen LogP contribution is -2.35. The van der Waals surface area contributed by atoms with Crippen LogP contribution >= 0.6 is 0 Å². The molecule has 112 valence electrons. The molecule has 0 saturated heterocycles. The number of carbonyl (C=O) groups excluding carboxylic acids is 2. The Labute approximate surface area is 130 Å². The molecule has 3 aromatic rings. The first-order chi connectivity index (χ1) is 11.2. The molecule has 0 unspecified atom stereocenters. The molecule has 8 heteroatoms. The molecule has 0 radical (unpaired) electrons. The molecule has 0 bridgehead atoms. The maximum atomic E-state index is 12.3. The van der Waals surface area contributed by atoms with Crippen LogP contribution in [0.4, 0.5) is 5.95 Å². The molecule has 0 saturated carbocycles. The third-order valence-electron chi connectivity index (χ3n) is 3.43. The maximum Gasteiger partial charge on any atom is 0.280 e. The number of aromatic nitrogens is 4. The van der Waals surface area contributed by atoms with Gasteiger partial charge in [0.1, 0.15) is 0 Å². The maximum absolute atomic E-state index is 12.3. The highest BCUT2D eigenvalue weighted by molar-refractivity contribution is 6.21. The van der Waals surface area contributed by atoms with Crippen molar-refractivity contribution in [3.63, 3.8) is 0 Å². The Balaban J connectivity index is 1.60. The molecular weight excluding hydrogens is 296 g/mol. The van der Waals surface area contributed by atoms with E-state index in [0.717, 1.165) is 10.6 Å². The smallest absolute Gasteiger partial charge is 0.267 e. The van der Waals surface area contributed by atoms with Gasteiger partial charge in [-0.05, 0) is 24.3 Å². The van der Waals surface area contributed by atoms with Gasteiger partial charge in [-0.15, -0.1) is 5.10 Å². The quantitative estimate of drug-likeness (QED) is 0.710. The summed E-state index contributed by atoms with van der Waals surface area (Å²) < 4.78 is 0. The number of amides is 2. The summed E-state index contributed by atoms with van der Waals surface area (Å²) in [6, 6.07) is 10.2. The Hall–Kier alpha value is -3.55. The summed E-state index contributed by atoms with van der Waals surface area (Å²) in [6.45, 7) is 0. The SMILES string of the molecule is O=C1c2ccccc2C(=O)N1Nc1n[nH]c(-c2cccnc2)n1. The molecule has 0 atom stereocenters. The summed E-state index contributed by atoms with van der Waals surface area (Å²) in [5.74, 6) is -0.257. The largest absolute Gasteiger partial charge is 0.280 e. The second-order valence-corrected chi connectivity index (χ2v) is 4.85. The number of hydrogen-bond acceptors (Lipinski definition) is 6. The molecule has 0 fully saturated rings. The number of pyridine rings is 1. The first-order valence-corrected chi connectivity index (χ1v) is 6.81. The van der Waals surface area contributed by atoms with Crippen LogP contribution in [0.2, 0.25) is 0 Å². The second kappa shape index (κ2) is 5.02. The van der Waals surface area contributed by atoms with Crippen molar-refractivity contribution in [1.29, 1.82) is 0 Å². The highest BCUT2D eigenvalue weighted by Crippen LogP contribution is 2.23. The number of hydrazine groups is 1. The van der Waals surface area contributed by atoms with Gasteiger partial charge in [0.2, 0.25) is 0 Å². The van der Waals surface area contributed by atoms with Crippen LogP contribution in [0.15, 0.2) is 48.8 Å². The summed E-state index contributed by atoms with van der Waals surface area (Å²) in [5.41, 5.74) is 4.09. The van der Waals surface area contributed by atoms with Gasteiger partial charge < -0.3 is 0 Å². The third kappa shape index (κ3) is 2.13. The Morgan fingerprint density at radius 3 is 2.39 bits per heavy atom. The minimum absolute atomic E-state index is 0.123. The van der Waals surface area contributed by atoms with E-state index in [0.29, 0.717) is 17.0 Å². The first-order valence-electron chi connectivity index (χ1n) is 6.81. The number of carbonyl (C=O) groups is 2. The average molecular weight is 306 g/mol. The van der Waals surface area contributed by atoms with Gasteiger partial charge in [-0.25, -0.2) is 0 Å². The lowest BCUT2D eigenvalue weighted by atomic mass is 10.1. The van der Waals surface area contributed by atoms with Gasteiger partial charge in [0, 0.05) is 18.0 Å². The topological polar surface area (TPSA) is 104 Å². The highest BCUT2D eigenvalue weighted by atomic mass is 16.2. The summed E-state index contributed by atoms with van der Waals surface area (Å²) in [6.07, 6.45) is 3.28. The van der Waals surface area contributed by atoms with Crippen molar-refractivity contribution < 1.29 is 9.59 Å². The van der Waals surface area contributed by atoms with Crippen LogP contribution in [0, 0.1) is 0 Å². The van der Waals surface area contributed by atoms with E-state index in [2.05, 4.69) is 25.6 Å². The van der Waals surface area contributed by atoms with Crippen LogP contribution in [0.1, 0.15) is 20.7 Å². The molecule has 3 heterocycles. The van der Waals surface area contributed by atoms with E-state index in [4.69, 9.17) is 0 Å². The van der Waals surface area contributed by atoms with Gasteiger partial charge >= 0.3 is 0 Å². The Kier molecular flexibility index (Phi) is 2.87. The van der Waals surface area contributed by atoms with Crippen LogP contribution in [0.5, 0.6) is 0 Å². The van der Waals surface area contributed by atoms with Crippen LogP contribution in [-0.4, -0.2) is 37.0 Å². The van der Waals surface area contributed by atoms with E-state index in [9.17, 15) is 9.59 Å². The molecule has 2 amide bonds. The number of imide groups is 1. The van der Waals surface area contributed by atoms with Crippen molar-refractivity contribution in [3.8, 4) is 11.4 Å². The normalized spacial score (nSPS) is 13.3. The fourth-order valence-corrected chi connectivity index (χ4v) is 2.33. The highest BCUT2D eigenvalue weighted by Gasteiger charge is 2.36. The molecule has 23 heavy (non-hydrogen) atoms. The third-order valence-corrected chi connectivity index (χ3v) is 3.43. The van der Waals surface area contributed by atoms with Gasteiger partial charge in [-0.1, -0.05) is 12.1 Å². The van der Waals surface area contributed by atoms with Crippen LogP contribution in [0.3, 0.4) is 0 Å². The zero-order chi connectivity index (χ0) is 15.8. The lowest BCUT2D eigenvalue weighted by Gasteiger charge is -2.12. The summed E-state index contributed by atoms with van der Waals surface area (Å²) in [4.78, 5) is 32.7. The average Bonchev–Trinajstić information content (AvgIpc) is 3.16. The fourth-order valence-electron chi connectivity index (χ4n) is 2.33. The molecule has 0 spiro atoms. The minimum Gasteiger partial charge on any atom is -0.267 e. The molecule has 1 aliphatic heterocycles. The molecule has 1 aromatic carbocycles. The van der Waals surface area contributed by atoms with Gasteiger partial charge in [-0.3, -0.25) is 25.1 Å². The number of nitrogens with one attached hydrogen (secondary N) is 2. The molecular formula is C15H10N6O2. The minimum atomic E-state index is -0.432. The van der Waals surface area contributed by atoms with Crippen molar-refractivity contribution in [3.05, 3.63) is 59.9 Å². The number of hydrogen-bond donors (Lipinski definition) is 2. The fraction of sp³-hybridized carbons (Fsp3) is 0. The lowest BCUT2D eigenvalue weighted by molar-refractivity contribution is 0.0690. The number of benzene rings is 1. The number of H-pyrrole nitrogens is 1. The predicted molar refractivity (Wildman–Crippen MR) is 80.2 cm³/mol. The van der Waals surface area contributed by atoms with Gasteiger partial charge in [0.15, 0.2) is 5.82 Å². The van der Waals surface area contributed by atoms with Crippen LogP contribution in [-0.2, 0) is 0 Å². The van der Waals surface area contributed by atoms with Crippen molar-refractivity contribution in [2.45, 2.75) is 0 Å². The van der Waals surface area contributed by atoms with E-state index in [-0.39, 0.29) is 5.95 Å². The number of nitrogens with zero attached hydrogens (tertiary/aromatic N) is 4. The van der Waals surface area contributed by atoms with Crippen molar-refractivity contribution in [2.75, 3.05) is 5.43 Å². The summed E-state index contributed by atoms with van der Waals surface area (Å²) in [5, 5.41) is 7.60. The van der Waals surface area contributed by atoms with Gasteiger partial charge in [-0.2, -0.15) is 9.99 Å². The molecule has 0 aliphatic carbocycles. The summed E-state index contributed by atoms with van der Waals surface area (Å²) in [7, 11) is 0. The van der Waals surface area contributed by atoms with Gasteiger partial charge in [0.25, 0.3) is 17.8 Å². The van der Waals surface area contributed by atoms with Crippen molar-refractivity contribution in [2.24, 2.45) is 0 Å². The van der Waals surface area contributed by atoms with Crippen molar-refractivity contribution in [1.82, 2.24) is 25.2 Å². The number of aromatic amines is 1. The van der Waals surface area contributed by atoms with E-state index >= 15 is 0 Å². The van der Waals surface area contributed by atoms with Crippen LogP contribution in [0.25, 0.3) is 11.4 Å². The summed E-state index contributed by atoms with van der Waals surface area (Å²) >= 11 is 0. The van der Waals surface area contributed by atoms with E-state index in [1.807, 2.05) is 6.07 Å². The van der Waals surface area contributed by atoms with E-state index in [1.165, 1.54) is 0 Å². The van der Waals surface area contributed by atoms with Crippen LogP contribution < -0.4 is 5.43 Å². The molecule has 2 aromatic heterocycles. The number of anilines is 1. The Morgan fingerprint density at radius 1 is 1.00 bits per heavy atom. The zero-order valence-corrected chi connectivity index (χ0v) is 11.7. The molecule has 2 N–H and O–H groups in total. The molecule has 8 nitrogen and oxygen atoms in total. The number of rotatable bonds is 3.